The van der Waals surface area contributed by atoms with E-state index in [9.17, 15) is 16.8 Å². The molecule has 0 atom stereocenters. The van der Waals surface area contributed by atoms with Crippen LogP contribution in [0.3, 0.4) is 0 Å². The molecule has 12 heavy (non-hydrogen) atoms. The molecule has 1 N–H and O–H groups in total. The SMILES string of the molecule is O=S1(=O)CCNCCS(=O)(=O)C1. The molecule has 72 valence electrons. The van der Waals surface area contributed by atoms with Gasteiger partial charge in [0.2, 0.25) is 0 Å². The third kappa shape index (κ3) is 3.08. The molecule has 1 fully saturated rings. The van der Waals surface area contributed by atoms with E-state index in [1.54, 1.807) is 0 Å². The van der Waals surface area contributed by atoms with Crippen molar-refractivity contribution in [3.05, 3.63) is 0 Å². The Morgan fingerprint density at radius 1 is 0.833 bits per heavy atom. The lowest BCUT2D eigenvalue weighted by atomic mass is 10.7. The molecule has 0 radical (unpaired) electrons. The summed E-state index contributed by atoms with van der Waals surface area (Å²) in [4.78, 5) is 0. The summed E-state index contributed by atoms with van der Waals surface area (Å²) in [7, 11) is -6.80. The Morgan fingerprint density at radius 2 is 1.25 bits per heavy atom. The molecule has 1 saturated heterocycles. The second-order valence-electron chi connectivity index (χ2n) is 2.76. The number of nitrogens with one attached hydrogen (secondary N) is 1. The number of sulfone groups is 2. The van der Waals surface area contributed by atoms with E-state index in [1.807, 2.05) is 0 Å². The molecule has 0 bridgehead atoms. The molecule has 1 heterocycles. The Hall–Kier alpha value is -0.140. The largest absolute Gasteiger partial charge is 0.315 e. The van der Waals surface area contributed by atoms with E-state index in [0.29, 0.717) is 13.1 Å². The van der Waals surface area contributed by atoms with Gasteiger partial charge in [-0.05, 0) is 0 Å². The molecular formula is C5H11NO4S2. The van der Waals surface area contributed by atoms with Crippen LogP contribution < -0.4 is 5.32 Å². The molecule has 1 aliphatic rings. The Bertz CT molecular complexity index is 308. The molecule has 0 aromatic rings. The summed E-state index contributed by atoms with van der Waals surface area (Å²) in [5.41, 5.74) is 0. The number of hydrogen-bond acceptors (Lipinski definition) is 5. The van der Waals surface area contributed by atoms with E-state index < -0.39 is 24.8 Å². The van der Waals surface area contributed by atoms with Gasteiger partial charge in [0, 0.05) is 13.1 Å². The Labute approximate surface area is 72.0 Å². The fourth-order valence-electron chi connectivity index (χ4n) is 0.972. The van der Waals surface area contributed by atoms with Gasteiger partial charge in [0.05, 0.1) is 11.5 Å². The van der Waals surface area contributed by atoms with Crippen LogP contribution in [-0.4, -0.2) is 46.5 Å². The van der Waals surface area contributed by atoms with E-state index >= 15 is 0 Å². The molecule has 0 unspecified atom stereocenters. The lowest BCUT2D eigenvalue weighted by Crippen LogP contribution is -2.35. The average Bonchev–Trinajstić information content (AvgIpc) is 1.80. The van der Waals surface area contributed by atoms with Crippen molar-refractivity contribution in [1.29, 1.82) is 0 Å². The summed E-state index contributed by atoms with van der Waals surface area (Å²) in [6.45, 7) is 0.690. The highest BCUT2D eigenvalue weighted by atomic mass is 32.3. The monoisotopic (exact) mass is 213 g/mol. The van der Waals surface area contributed by atoms with Gasteiger partial charge in [0.15, 0.2) is 24.8 Å². The van der Waals surface area contributed by atoms with Gasteiger partial charge in [-0.15, -0.1) is 0 Å². The summed E-state index contributed by atoms with van der Waals surface area (Å²) < 4.78 is 44.1. The van der Waals surface area contributed by atoms with Crippen molar-refractivity contribution in [2.24, 2.45) is 0 Å². The molecule has 0 saturated carbocycles. The standard InChI is InChI=1S/C5H11NO4S2/c7-11(8)3-1-6-2-4-12(9,10)5-11/h6H,1-5H2. The van der Waals surface area contributed by atoms with Gasteiger partial charge in [-0.1, -0.05) is 0 Å². The zero-order valence-corrected chi connectivity index (χ0v) is 8.12. The van der Waals surface area contributed by atoms with Crippen LogP contribution >= 0.6 is 0 Å². The summed E-state index contributed by atoms with van der Waals surface area (Å²) in [5, 5.41) is 2.05. The maximum atomic E-state index is 11.0. The molecule has 0 spiro atoms. The van der Waals surface area contributed by atoms with Crippen LogP contribution in [0.15, 0.2) is 0 Å². The van der Waals surface area contributed by atoms with E-state index in [-0.39, 0.29) is 11.5 Å². The molecule has 0 aromatic carbocycles. The van der Waals surface area contributed by atoms with Crippen LogP contribution in [0.1, 0.15) is 0 Å². The second kappa shape index (κ2) is 3.31. The van der Waals surface area contributed by atoms with Crippen molar-refractivity contribution in [3.8, 4) is 0 Å². The van der Waals surface area contributed by atoms with Crippen LogP contribution in [0.2, 0.25) is 0 Å². The zero-order chi connectivity index (χ0) is 9.24. The predicted molar refractivity (Wildman–Crippen MR) is 45.3 cm³/mol. The van der Waals surface area contributed by atoms with Crippen LogP contribution in [0.25, 0.3) is 0 Å². The minimum Gasteiger partial charge on any atom is -0.315 e. The third-order valence-electron chi connectivity index (χ3n) is 1.54. The Morgan fingerprint density at radius 3 is 1.67 bits per heavy atom. The van der Waals surface area contributed by atoms with Crippen LogP contribution in [0.4, 0.5) is 0 Å². The third-order valence-corrected chi connectivity index (χ3v) is 6.06. The molecule has 5 nitrogen and oxygen atoms in total. The molecule has 0 aromatic heterocycles. The van der Waals surface area contributed by atoms with Crippen LogP contribution in [-0.2, 0) is 19.7 Å². The number of hydrogen-bond donors (Lipinski definition) is 1. The minimum absolute atomic E-state index is 0.0910. The Balaban J connectivity index is 2.86. The van der Waals surface area contributed by atoms with Gasteiger partial charge in [0.25, 0.3) is 0 Å². The second-order valence-corrected chi connectivity index (χ2v) is 7.50. The van der Waals surface area contributed by atoms with Crippen molar-refractivity contribution in [3.63, 3.8) is 0 Å². The first-order valence-electron chi connectivity index (χ1n) is 3.53. The highest BCUT2D eigenvalue weighted by Gasteiger charge is 2.23. The Kier molecular flexibility index (Phi) is 2.74. The first kappa shape index (κ1) is 9.94. The molecule has 0 amide bonds. The van der Waals surface area contributed by atoms with Crippen molar-refractivity contribution in [2.45, 2.75) is 0 Å². The minimum atomic E-state index is -3.40. The first-order chi connectivity index (χ1) is 5.41. The van der Waals surface area contributed by atoms with Crippen LogP contribution in [0, 0.1) is 0 Å². The lowest BCUT2D eigenvalue weighted by molar-refractivity contribution is 0.579. The van der Waals surface area contributed by atoms with E-state index in [2.05, 4.69) is 5.32 Å². The molecule has 7 heteroatoms. The molecule has 0 aliphatic carbocycles. The summed E-state index contributed by atoms with van der Waals surface area (Å²) in [6.07, 6.45) is 0. The smallest absolute Gasteiger partial charge is 0.165 e. The molecule has 1 aliphatic heterocycles. The maximum absolute atomic E-state index is 11.0. The number of rotatable bonds is 0. The zero-order valence-electron chi connectivity index (χ0n) is 6.49. The van der Waals surface area contributed by atoms with Crippen molar-refractivity contribution in [2.75, 3.05) is 29.7 Å². The van der Waals surface area contributed by atoms with Gasteiger partial charge < -0.3 is 5.32 Å². The van der Waals surface area contributed by atoms with Gasteiger partial charge in [-0.3, -0.25) is 0 Å². The lowest BCUT2D eigenvalue weighted by Gasteiger charge is -2.11. The highest BCUT2D eigenvalue weighted by molar-refractivity contribution is 8.08. The summed E-state index contributed by atoms with van der Waals surface area (Å²) in [6, 6.07) is 0. The molecule has 1 rings (SSSR count). The fraction of sp³-hybridized carbons (Fsp3) is 1.00. The summed E-state index contributed by atoms with van der Waals surface area (Å²) in [5.74, 6) is -0.182. The maximum Gasteiger partial charge on any atom is 0.165 e. The van der Waals surface area contributed by atoms with Crippen LogP contribution in [0.5, 0.6) is 0 Å². The fourth-order valence-corrected chi connectivity index (χ4v) is 5.01. The normalized spacial score (nSPS) is 28.7. The summed E-state index contributed by atoms with van der Waals surface area (Å²) >= 11 is 0. The van der Waals surface area contributed by atoms with Gasteiger partial charge >= 0.3 is 0 Å². The van der Waals surface area contributed by atoms with Crippen molar-refractivity contribution in [1.82, 2.24) is 5.32 Å². The van der Waals surface area contributed by atoms with Gasteiger partial charge in [0.1, 0.15) is 0 Å². The highest BCUT2D eigenvalue weighted by Crippen LogP contribution is 2.00. The van der Waals surface area contributed by atoms with Gasteiger partial charge in [-0.2, -0.15) is 0 Å². The first-order valence-corrected chi connectivity index (χ1v) is 7.17. The van der Waals surface area contributed by atoms with E-state index in [1.165, 1.54) is 0 Å². The topological polar surface area (TPSA) is 80.3 Å². The molecular weight excluding hydrogens is 202 g/mol. The quantitative estimate of drug-likeness (QED) is 0.523. The predicted octanol–water partition coefficient (Wildman–Crippen LogP) is -1.62. The van der Waals surface area contributed by atoms with E-state index in [4.69, 9.17) is 0 Å². The van der Waals surface area contributed by atoms with Gasteiger partial charge in [-0.25, -0.2) is 16.8 Å². The van der Waals surface area contributed by atoms with Crippen molar-refractivity contribution >= 4 is 19.7 Å². The average molecular weight is 213 g/mol. The van der Waals surface area contributed by atoms with Crippen molar-refractivity contribution < 1.29 is 16.8 Å². The van der Waals surface area contributed by atoms with E-state index in [0.717, 1.165) is 0 Å².